The number of benzene rings is 2. The zero-order valence-electron chi connectivity index (χ0n) is 15.3. The van der Waals surface area contributed by atoms with Gasteiger partial charge < -0.3 is 9.80 Å². The molecule has 3 aromatic rings. The fourth-order valence-electron chi connectivity index (χ4n) is 3.48. The number of pyridine rings is 1. The Morgan fingerprint density at radius 2 is 1.85 bits per heavy atom. The molecule has 5 nitrogen and oxygen atoms in total. The lowest BCUT2D eigenvalue weighted by Gasteiger charge is -2.32. The van der Waals surface area contributed by atoms with Gasteiger partial charge in [-0.3, -0.25) is 14.6 Å². The van der Waals surface area contributed by atoms with Gasteiger partial charge in [-0.2, -0.15) is 0 Å². The number of nitrogens with zero attached hydrogens (tertiary/aromatic N) is 3. The summed E-state index contributed by atoms with van der Waals surface area (Å²) in [6.07, 6.45) is 2.56. The largest absolute Gasteiger partial charge is 0.336 e. The zero-order chi connectivity index (χ0) is 18.8. The molecule has 0 spiro atoms. The average molecular weight is 359 g/mol. The SMILES string of the molecule is CN1CCN(C(=O)c2ccnc(-c3ccc4c(C=O)cccc4c3)c2)CC1. The van der Waals surface area contributed by atoms with Crippen molar-refractivity contribution in [2.24, 2.45) is 0 Å². The van der Waals surface area contributed by atoms with Gasteiger partial charge in [-0.05, 0) is 36.0 Å². The Kier molecular flexibility index (Phi) is 4.69. The number of carbonyl (C=O) groups is 2. The molecule has 0 saturated carbocycles. The third-order valence-corrected chi connectivity index (χ3v) is 5.13. The van der Waals surface area contributed by atoms with Crippen LogP contribution in [0.3, 0.4) is 0 Å². The standard InChI is InChI=1S/C22H21N3O2/c1-24-9-11-25(12-10-24)22(27)18-7-8-23-21(14-18)17-5-6-20-16(13-17)3-2-4-19(20)15-26/h2-8,13-15H,9-12H2,1H3. The number of hydrogen-bond acceptors (Lipinski definition) is 4. The van der Waals surface area contributed by atoms with Crippen LogP contribution in [0.15, 0.2) is 54.7 Å². The van der Waals surface area contributed by atoms with E-state index in [1.54, 1.807) is 12.3 Å². The molecule has 2 aromatic carbocycles. The molecule has 0 aliphatic carbocycles. The van der Waals surface area contributed by atoms with E-state index in [1.165, 1.54) is 0 Å². The van der Waals surface area contributed by atoms with Gasteiger partial charge in [-0.25, -0.2) is 0 Å². The van der Waals surface area contributed by atoms with Crippen molar-refractivity contribution in [1.82, 2.24) is 14.8 Å². The van der Waals surface area contributed by atoms with Crippen LogP contribution in [0.4, 0.5) is 0 Å². The third-order valence-electron chi connectivity index (χ3n) is 5.13. The van der Waals surface area contributed by atoms with E-state index in [0.29, 0.717) is 11.1 Å². The van der Waals surface area contributed by atoms with Gasteiger partial charge in [-0.15, -0.1) is 0 Å². The lowest BCUT2D eigenvalue weighted by atomic mass is 10.0. The Balaban J connectivity index is 1.65. The Bertz CT molecular complexity index is 1010. The lowest BCUT2D eigenvalue weighted by Crippen LogP contribution is -2.47. The number of carbonyl (C=O) groups excluding carboxylic acids is 2. The quantitative estimate of drug-likeness (QED) is 0.675. The van der Waals surface area contributed by atoms with Gasteiger partial charge in [0.2, 0.25) is 0 Å². The van der Waals surface area contributed by atoms with Crippen LogP contribution >= 0.6 is 0 Å². The molecule has 136 valence electrons. The van der Waals surface area contributed by atoms with Crippen LogP contribution < -0.4 is 0 Å². The van der Waals surface area contributed by atoms with Crippen LogP contribution in [-0.4, -0.2) is 60.2 Å². The second-order valence-electron chi connectivity index (χ2n) is 6.93. The number of aldehydes is 1. The topological polar surface area (TPSA) is 53.5 Å². The van der Waals surface area contributed by atoms with E-state index < -0.39 is 0 Å². The Labute approximate surface area is 158 Å². The fourth-order valence-corrected chi connectivity index (χ4v) is 3.48. The maximum Gasteiger partial charge on any atom is 0.254 e. The second kappa shape index (κ2) is 7.29. The molecule has 4 rings (SSSR count). The summed E-state index contributed by atoms with van der Waals surface area (Å²) in [5.41, 5.74) is 3.02. The molecule has 1 aliphatic heterocycles. The van der Waals surface area contributed by atoms with E-state index in [-0.39, 0.29) is 5.91 Å². The van der Waals surface area contributed by atoms with Crippen molar-refractivity contribution >= 4 is 23.0 Å². The molecule has 0 atom stereocenters. The predicted molar refractivity (Wildman–Crippen MR) is 106 cm³/mol. The molecule has 1 aromatic heterocycles. The highest BCUT2D eigenvalue weighted by Crippen LogP contribution is 2.25. The molecule has 2 heterocycles. The van der Waals surface area contributed by atoms with Crippen molar-refractivity contribution in [2.75, 3.05) is 33.2 Å². The first kappa shape index (κ1) is 17.4. The minimum atomic E-state index is 0.0516. The normalized spacial score (nSPS) is 15.1. The number of aromatic nitrogens is 1. The monoisotopic (exact) mass is 359 g/mol. The summed E-state index contributed by atoms with van der Waals surface area (Å²) in [5.74, 6) is 0.0516. The number of piperazine rings is 1. The van der Waals surface area contributed by atoms with Crippen molar-refractivity contribution < 1.29 is 9.59 Å². The molecule has 0 bridgehead atoms. The summed E-state index contributed by atoms with van der Waals surface area (Å²) in [6, 6.07) is 15.2. The van der Waals surface area contributed by atoms with E-state index in [9.17, 15) is 9.59 Å². The predicted octanol–water partition coefficient (Wildman–Crippen LogP) is 3.10. The zero-order valence-corrected chi connectivity index (χ0v) is 15.3. The summed E-state index contributed by atoms with van der Waals surface area (Å²) in [6.45, 7) is 3.29. The van der Waals surface area contributed by atoms with E-state index in [1.807, 2.05) is 47.4 Å². The Hall–Kier alpha value is -3.05. The molecule has 1 amide bonds. The number of likely N-dealkylation sites (N-methyl/N-ethyl adjacent to an activating group) is 1. The third kappa shape index (κ3) is 3.46. The van der Waals surface area contributed by atoms with Gasteiger partial charge >= 0.3 is 0 Å². The fraction of sp³-hybridized carbons (Fsp3) is 0.227. The minimum Gasteiger partial charge on any atom is -0.336 e. The van der Waals surface area contributed by atoms with Crippen molar-refractivity contribution in [2.45, 2.75) is 0 Å². The lowest BCUT2D eigenvalue weighted by molar-refractivity contribution is 0.0664. The van der Waals surface area contributed by atoms with Crippen LogP contribution in [0.2, 0.25) is 0 Å². The maximum atomic E-state index is 12.8. The molecule has 5 heteroatoms. The molecule has 1 fully saturated rings. The Morgan fingerprint density at radius 3 is 2.63 bits per heavy atom. The van der Waals surface area contributed by atoms with Crippen LogP contribution in [0.25, 0.3) is 22.0 Å². The summed E-state index contributed by atoms with van der Waals surface area (Å²) in [7, 11) is 2.07. The number of rotatable bonds is 3. The van der Waals surface area contributed by atoms with Gasteiger partial charge in [0, 0.05) is 49.1 Å². The maximum absolute atomic E-state index is 12.8. The van der Waals surface area contributed by atoms with Crippen molar-refractivity contribution in [3.63, 3.8) is 0 Å². The molecule has 1 aliphatic rings. The average Bonchev–Trinajstić information content (AvgIpc) is 2.73. The highest BCUT2D eigenvalue weighted by molar-refractivity contribution is 6.00. The molecule has 0 unspecified atom stereocenters. The molecular formula is C22H21N3O2. The first-order valence-electron chi connectivity index (χ1n) is 9.08. The molecule has 0 N–H and O–H groups in total. The summed E-state index contributed by atoms with van der Waals surface area (Å²) >= 11 is 0. The van der Waals surface area contributed by atoms with Crippen molar-refractivity contribution in [1.29, 1.82) is 0 Å². The molecule has 1 saturated heterocycles. The van der Waals surface area contributed by atoms with Crippen LogP contribution in [0, 0.1) is 0 Å². The van der Waals surface area contributed by atoms with E-state index >= 15 is 0 Å². The van der Waals surface area contributed by atoms with Gasteiger partial charge in [-0.1, -0.05) is 30.3 Å². The van der Waals surface area contributed by atoms with Gasteiger partial charge in [0.25, 0.3) is 5.91 Å². The van der Waals surface area contributed by atoms with Gasteiger partial charge in [0.05, 0.1) is 5.69 Å². The van der Waals surface area contributed by atoms with E-state index in [4.69, 9.17) is 0 Å². The number of amides is 1. The Morgan fingerprint density at radius 1 is 1.04 bits per heavy atom. The smallest absolute Gasteiger partial charge is 0.254 e. The molecule has 0 radical (unpaired) electrons. The highest BCUT2D eigenvalue weighted by Gasteiger charge is 2.20. The van der Waals surface area contributed by atoms with Crippen molar-refractivity contribution in [3.05, 3.63) is 65.9 Å². The molecular weight excluding hydrogens is 338 g/mol. The number of fused-ring (bicyclic) bond motifs is 1. The van der Waals surface area contributed by atoms with Crippen molar-refractivity contribution in [3.8, 4) is 11.3 Å². The van der Waals surface area contributed by atoms with Gasteiger partial charge in [0.1, 0.15) is 0 Å². The van der Waals surface area contributed by atoms with Crippen LogP contribution in [-0.2, 0) is 0 Å². The van der Waals surface area contributed by atoms with E-state index in [2.05, 4.69) is 16.9 Å². The van der Waals surface area contributed by atoms with Crippen LogP contribution in [0.5, 0.6) is 0 Å². The first-order chi connectivity index (χ1) is 13.2. The summed E-state index contributed by atoms with van der Waals surface area (Å²) in [5, 5.41) is 1.90. The highest BCUT2D eigenvalue weighted by atomic mass is 16.2. The van der Waals surface area contributed by atoms with Crippen LogP contribution in [0.1, 0.15) is 20.7 Å². The minimum absolute atomic E-state index is 0.0516. The second-order valence-corrected chi connectivity index (χ2v) is 6.93. The first-order valence-corrected chi connectivity index (χ1v) is 9.08. The van der Waals surface area contributed by atoms with Gasteiger partial charge in [0.15, 0.2) is 6.29 Å². The summed E-state index contributed by atoms with van der Waals surface area (Å²) in [4.78, 5) is 32.6. The molecule has 27 heavy (non-hydrogen) atoms. The number of hydrogen-bond donors (Lipinski definition) is 0. The van der Waals surface area contributed by atoms with E-state index in [0.717, 1.165) is 54.5 Å². The summed E-state index contributed by atoms with van der Waals surface area (Å²) < 4.78 is 0.